The number of hydrogen-bond acceptors (Lipinski definition) is 4. The number of ether oxygens (including phenoxy) is 1. The Balaban J connectivity index is 2.07. The molecule has 116 valence electrons. The molecule has 0 saturated carbocycles. The topological polar surface area (TPSA) is 67.4 Å². The normalized spacial score (nSPS) is 10.1. The molecule has 0 aliphatic carbocycles. The van der Waals surface area contributed by atoms with Crippen molar-refractivity contribution in [2.24, 2.45) is 0 Å². The number of rotatable bonds is 3. The molecular formula is C14H12Cl2N2O3S. The largest absolute Gasteiger partial charge is 0.449 e. The maximum atomic E-state index is 11.9. The Morgan fingerprint density at radius 3 is 2.45 bits per heavy atom. The SMILES string of the molecule is CCOC(=O)NNC(=O)c1ccc(-c2cc(Cl)cc(Cl)c2)s1. The van der Waals surface area contributed by atoms with Crippen molar-refractivity contribution in [1.82, 2.24) is 10.9 Å². The Hall–Kier alpha value is -1.76. The summed E-state index contributed by atoms with van der Waals surface area (Å²) in [7, 11) is 0. The van der Waals surface area contributed by atoms with E-state index in [0.29, 0.717) is 14.9 Å². The van der Waals surface area contributed by atoms with Crippen molar-refractivity contribution >= 4 is 46.5 Å². The fourth-order valence-electron chi connectivity index (χ4n) is 1.65. The van der Waals surface area contributed by atoms with E-state index in [0.717, 1.165) is 10.4 Å². The quantitative estimate of drug-likeness (QED) is 0.811. The molecule has 0 fully saturated rings. The van der Waals surface area contributed by atoms with E-state index in [1.54, 1.807) is 37.3 Å². The zero-order valence-corrected chi connectivity index (χ0v) is 13.8. The average Bonchev–Trinajstić information content (AvgIpc) is 2.94. The summed E-state index contributed by atoms with van der Waals surface area (Å²) in [6.45, 7) is 1.89. The van der Waals surface area contributed by atoms with Crippen molar-refractivity contribution in [3.05, 3.63) is 45.3 Å². The number of hydrogen-bond donors (Lipinski definition) is 2. The van der Waals surface area contributed by atoms with Crippen LogP contribution in [0.4, 0.5) is 4.79 Å². The molecule has 0 spiro atoms. The maximum absolute atomic E-state index is 11.9. The van der Waals surface area contributed by atoms with Crippen LogP contribution in [0.3, 0.4) is 0 Å². The van der Waals surface area contributed by atoms with Crippen LogP contribution < -0.4 is 10.9 Å². The maximum Gasteiger partial charge on any atom is 0.426 e. The summed E-state index contributed by atoms with van der Waals surface area (Å²) in [6.07, 6.45) is -0.714. The summed E-state index contributed by atoms with van der Waals surface area (Å²) in [5.74, 6) is -0.433. The number of nitrogens with one attached hydrogen (secondary N) is 2. The van der Waals surface area contributed by atoms with Gasteiger partial charge in [0.25, 0.3) is 5.91 Å². The molecule has 0 aliphatic heterocycles. The lowest BCUT2D eigenvalue weighted by molar-refractivity contribution is 0.0916. The Labute approximate surface area is 141 Å². The van der Waals surface area contributed by atoms with E-state index in [4.69, 9.17) is 23.2 Å². The first-order valence-corrected chi connectivity index (χ1v) is 7.86. The lowest BCUT2D eigenvalue weighted by atomic mass is 10.2. The van der Waals surface area contributed by atoms with Gasteiger partial charge in [-0.15, -0.1) is 11.3 Å². The van der Waals surface area contributed by atoms with Crippen LogP contribution in [-0.2, 0) is 4.74 Å². The van der Waals surface area contributed by atoms with E-state index in [-0.39, 0.29) is 6.61 Å². The predicted octanol–water partition coefficient (Wildman–Crippen LogP) is 4.11. The van der Waals surface area contributed by atoms with Gasteiger partial charge in [0.05, 0.1) is 11.5 Å². The van der Waals surface area contributed by atoms with Crippen LogP contribution in [0.25, 0.3) is 10.4 Å². The predicted molar refractivity (Wildman–Crippen MR) is 87.4 cm³/mol. The van der Waals surface area contributed by atoms with Crippen LogP contribution in [0.2, 0.25) is 10.0 Å². The van der Waals surface area contributed by atoms with Gasteiger partial charge in [0.1, 0.15) is 0 Å². The smallest absolute Gasteiger partial charge is 0.426 e. The molecule has 22 heavy (non-hydrogen) atoms. The van der Waals surface area contributed by atoms with Crippen molar-refractivity contribution in [3.63, 3.8) is 0 Å². The van der Waals surface area contributed by atoms with E-state index < -0.39 is 12.0 Å². The molecule has 5 nitrogen and oxygen atoms in total. The Kier molecular flexibility index (Phi) is 5.65. The van der Waals surface area contributed by atoms with E-state index in [1.165, 1.54) is 11.3 Å². The van der Waals surface area contributed by atoms with Gasteiger partial charge in [0.15, 0.2) is 0 Å². The molecule has 0 saturated heterocycles. The second-order valence-electron chi connectivity index (χ2n) is 4.12. The first kappa shape index (κ1) is 16.6. The van der Waals surface area contributed by atoms with E-state index >= 15 is 0 Å². The molecule has 1 aromatic heterocycles. The van der Waals surface area contributed by atoms with Crippen LogP contribution in [0.1, 0.15) is 16.6 Å². The van der Waals surface area contributed by atoms with Gasteiger partial charge >= 0.3 is 6.09 Å². The van der Waals surface area contributed by atoms with Crippen LogP contribution in [0, 0.1) is 0 Å². The van der Waals surface area contributed by atoms with Gasteiger partial charge in [-0.2, -0.15) is 0 Å². The van der Waals surface area contributed by atoms with Gasteiger partial charge in [-0.05, 0) is 42.8 Å². The van der Waals surface area contributed by atoms with Crippen molar-refractivity contribution < 1.29 is 14.3 Å². The first-order chi connectivity index (χ1) is 10.5. The number of thiophene rings is 1. The van der Waals surface area contributed by atoms with Gasteiger partial charge in [-0.1, -0.05) is 23.2 Å². The number of benzene rings is 1. The lowest BCUT2D eigenvalue weighted by Crippen LogP contribution is -2.41. The molecule has 0 radical (unpaired) electrons. The van der Waals surface area contributed by atoms with Crippen molar-refractivity contribution in [2.45, 2.75) is 6.92 Å². The first-order valence-electron chi connectivity index (χ1n) is 6.29. The van der Waals surface area contributed by atoms with Crippen LogP contribution >= 0.6 is 34.5 Å². The zero-order valence-electron chi connectivity index (χ0n) is 11.5. The van der Waals surface area contributed by atoms with E-state index in [9.17, 15) is 9.59 Å². The summed E-state index contributed by atoms with van der Waals surface area (Å²) < 4.78 is 4.64. The Morgan fingerprint density at radius 2 is 1.82 bits per heavy atom. The molecule has 1 heterocycles. The second-order valence-corrected chi connectivity index (χ2v) is 6.08. The molecule has 2 N–H and O–H groups in total. The third kappa shape index (κ3) is 4.37. The molecule has 1 aromatic carbocycles. The number of hydrazine groups is 1. The van der Waals surface area contributed by atoms with Crippen molar-refractivity contribution in [3.8, 4) is 10.4 Å². The van der Waals surface area contributed by atoms with Crippen LogP contribution in [0.15, 0.2) is 30.3 Å². The molecule has 0 unspecified atom stereocenters. The molecular weight excluding hydrogens is 347 g/mol. The van der Waals surface area contributed by atoms with Crippen molar-refractivity contribution in [1.29, 1.82) is 0 Å². The summed E-state index contributed by atoms with van der Waals surface area (Å²) in [6, 6.07) is 8.59. The van der Waals surface area contributed by atoms with Crippen molar-refractivity contribution in [2.75, 3.05) is 6.61 Å². The van der Waals surface area contributed by atoms with Gasteiger partial charge in [0.2, 0.25) is 0 Å². The van der Waals surface area contributed by atoms with E-state index in [2.05, 4.69) is 15.6 Å². The third-order valence-corrected chi connectivity index (χ3v) is 4.10. The molecule has 2 aromatic rings. The third-order valence-electron chi connectivity index (χ3n) is 2.53. The highest BCUT2D eigenvalue weighted by molar-refractivity contribution is 7.17. The summed E-state index contributed by atoms with van der Waals surface area (Å²) in [5, 5.41) is 1.04. The summed E-state index contributed by atoms with van der Waals surface area (Å²) >= 11 is 13.2. The second kappa shape index (κ2) is 7.49. The minimum atomic E-state index is -0.714. The van der Waals surface area contributed by atoms with Gasteiger partial charge in [-0.3, -0.25) is 10.2 Å². The minimum absolute atomic E-state index is 0.223. The molecule has 0 aliphatic rings. The van der Waals surface area contributed by atoms with Gasteiger partial charge < -0.3 is 4.74 Å². The highest BCUT2D eigenvalue weighted by Gasteiger charge is 2.12. The molecule has 0 atom stereocenters. The molecule has 2 rings (SSSR count). The van der Waals surface area contributed by atoms with Gasteiger partial charge in [-0.25, -0.2) is 10.2 Å². The number of halogens is 2. The zero-order chi connectivity index (χ0) is 16.1. The fraction of sp³-hybridized carbons (Fsp3) is 0.143. The molecule has 8 heteroatoms. The number of carbonyl (C=O) groups is 2. The monoisotopic (exact) mass is 358 g/mol. The minimum Gasteiger partial charge on any atom is -0.449 e. The standard InChI is InChI=1S/C14H12Cl2N2O3S/c1-2-21-14(20)18-17-13(19)12-4-3-11(22-12)8-5-9(15)7-10(16)6-8/h3-7H,2H2,1H3,(H,17,19)(H,18,20). The summed E-state index contributed by atoms with van der Waals surface area (Å²) in [5.41, 5.74) is 5.24. The Morgan fingerprint density at radius 1 is 1.14 bits per heavy atom. The summed E-state index contributed by atoms with van der Waals surface area (Å²) in [4.78, 5) is 24.3. The molecule has 2 amide bonds. The fourth-order valence-corrected chi connectivity index (χ4v) is 3.06. The lowest BCUT2D eigenvalue weighted by Gasteiger charge is -2.05. The Bertz CT molecular complexity index is 683. The van der Waals surface area contributed by atoms with Gasteiger partial charge in [0, 0.05) is 14.9 Å². The van der Waals surface area contributed by atoms with Crippen LogP contribution in [0.5, 0.6) is 0 Å². The molecule has 0 bridgehead atoms. The highest BCUT2D eigenvalue weighted by Crippen LogP contribution is 2.32. The highest BCUT2D eigenvalue weighted by atomic mass is 35.5. The number of amides is 2. The van der Waals surface area contributed by atoms with E-state index in [1.807, 2.05) is 0 Å². The average molecular weight is 359 g/mol. The number of carbonyl (C=O) groups excluding carboxylic acids is 2. The van der Waals surface area contributed by atoms with Crippen LogP contribution in [-0.4, -0.2) is 18.6 Å².